The Morgan fingerprint density at radius 3 is 1.71 bits per heavy atom. The molecule has 0 fully saturated rings. The van der Waals surface area contributed by atoms with E-state index in [9.17, 15) is 0 Å². The summed E-state index contributed by atoms with van der Waals surface area (Å²) in [7, 11) is 0. The molecule has 0 saturated carbocycles. The first kappa shape index (κ1) is 20.5. The molecule has 1 aromatic carbocycles. The summed E-state index contributed by atoms with van der Waals surface area (Å²) in [5, 5.41) is 0. The van der Waals surface area contributed by atoms with E-state index in [4.69, 9.17) is 5.73 Å². The van der Waals surface area contributed by atoms with Crippen molar-refractivity contribution in [3.8, 4) is 0 Å². The molecule has 0 amide bonds. The van der Waals surface area contributed by atoms with Crippen LogP contribution in [0.15, 0.2) is 24.3 Å². The minimum atomic E-state index is 0. The summed E-state index contributed by atoms with van der Waals surface area (Å²) >= 11 is 0. The minimum Gasteiger partial charge on any atom is -0.326 e. The number of unbranched alkanes of at least 4 members (excludes halogenated alkanes) is 9. The second kappa shape index (κ2) is 14.4. The molecule has 1 rings (SSSR count). The van der Waals surface area contributed by atoms with E-state index in [1.165, 1.54) is 81.8 Å². The highest BCUT2D eigenvalue weighted by molar-refractivity contribution is 5.85. The van der Waals surface area contributed by atoms with Gasteiger partial charge in [-0.2, -0.15) is 0 Å². The maximum atomic E-state index is 5.77. The highest BCUT2D eigenvalue weighted by atomic mass is 35.5. The molecular weight excluding hydrogens is 278 g/mol. The fourth-order valence-electron chi connectivity index (χ4n) is 2.80. The normalized spacial score (nSPS) is 10.4. The van der Waals surface area contributed by atoms with Crippen molar-refractivity contribution >= 4 is 12.4 Å². The van der Waals surface area contributed by atoms with Crippen molar-refractivity contribution in [1.82, 2.24) is 0 Å². The molecule has 21 heavy (non-hydrogen) atoms. The summed E-state index contributed by atoms with van der Waals surface area (Å²) in [5.41, 5.74) is 8.55. The Morgan fingerprint density at radius 2 is 1.19 bits per heavy atom. The van der Waals surface area contributed by atoms with Crippen molar-refractivity contribution in [3.05, 3.63) is 35.4 Å². The Bertz CT molecular complexity index is 338. The molecule has 0 radical (unpaired) electrons. The Kier molecular flexibility index (Phi) is 14.0. The molecule has 0 aliphatic rings. The Labute approximate surface area is 138 Å². The van der Waals surface area contributed by atoms with E-state index in [-0.39, 0.29) is 12.4 Å². The van der Waals surface area contributed by atoms with E-state index >= 15 is 0 Å². The van der Waals surface area contributed by atoms with E-state index in [1.54, 1.807) is 0 Å². The molecule has 2 N–H and O–H groups in total. The Hall–Kier alpha value is -0.530. The van der Waals surface area contributed by atoms with Gasteiger partial charge in [-0.25, -0.2) is 0 Å². The molecule has 0 bridgehead atoms. The Morgan fingerprint density at radius 1 is 0.714 bits per heavy atom. The van der Waals surface area contributed by atoms with E-state index in [1.807, 2.05) is 0 Å². The van der Waals surface area contributed by atoms with Gasteiger partial charge in [-0.15, -0.1) is 12.4 Å². The lowest BCUT2D eigenvalue weighted by molar-refractivity contribution is 0.556. The van der Waals surface area contributed by atoms with Crippen LogP contribution in [0.5, 0.6) is 0 Å². The van der Waals surface area contributed by atoms with E-state index < -0.39 is 0 Å². The van der Waals surface area contributed by atoms with Gasteiger partial charge >= 0.3 is 0 Å². The van der Waals surface area contributed by atoms with Crippen LogP contribution < -0.4 is 5.73 Å². The predicted octanol–water partition coefficient (Wildman–Crippen LogP) is 6.03. The maximum absolute atomic E-state index is 5.77. The quantitative estimate of drug-likeness (QED) is 0.468. The lowest BCUT2D eigenvalue weighted by Gasteiger charge is -2.07. The number of aryl methyl sites for hydroxylation is 1. The molecule has 0 unspecified atom stereocenters. The summed E-state index contributed by atoms with van der Waals surface area (Å²) in [6.07, 6.45) is 15.2. The number of nitrogens with two attached hydrogens (primary N) is 1. The molecule has 0 aliphatic carbocycles. The monoisotopic (exact) mass is 311 g/mol. The molecule has 0 spiro atoms. The topological polar surface area (TPSA) is 26.0 Å². The average molecular weight is 312 g/mol. The highest BCUT2D eigenvalue weighted by Crippen LogP contribution is 2.14. The molecule has 122 valence electrons. The van der Waals surface area contributed by atoms with E-state index in [0.717, 1.165) is 0 Å². The number of hydrogen-bond acceptors (Lipinski definition) is 1. The van der Waals surface area contributed by atoms with Crippen LogP contribution in [0.4, 0.5) is 0 Å². The highest BCUT2D eigenvalue weighted by Gasteiger charge is 1.99. The molecule has 0 aromatic heterocycles. The zero-order valence-corrected chi connectivity index (χ0v) is 14.6. The van der Waals surface area contributed by atoms with Crippen LogP contribution in [0.1, 0.15) is 82.3 Å². The van der Waals surface area contributed by atoms with Gasteiger partial charge in [-0.05, 0) is 24.0 Å². The molecule has 2 heteroatoms. The maximum Gasteiger partial charge on any atom is 0.0180 e. The fourth-order valence-corrected chi connectivity index (χ4v) is 2.80. The first-order valence-corrected chi connectivity index (χ1v) is 8.65. The summed E-state index contributed by atoms with van der Waals surface area (Å²) in [6, 6.07) is 8.61. The largest absolute Gasteiger partial charge is 0.326 e. The van der Waals surface area contributed by atoms with Crippen LogP contribution >= 0.6 is 12.4 Å². The molecule has 0 atom stereocenters. The van der Waals surface area contributed by atoms with Crippen molar-refractivity contribution in [1.29, 1.82) is 0 Å². The van der Waals surface area contributed by atoms with Crippen LogP contribution in [-0.2, 0) is 13.0 Å². The predicted molar refractivity (Wildman–Crippen MR) is 97.1 cm³/mol. The van der Waals surface area contributed by atoms with Gasteiger partial charge in [0, 0.05) is 6.54 Å². The molecule has 1 nitrogen and oxygen atoms in total. The second-order valence-electron chi connectivity index (χ2n) is 5.90. The summed E-state index contributed by atoms with van der Waals surface area (Å²) in [6.45, 7) is 2.96. The average Bonchev–Trinajstić information content (AvgIpc) is 2.49. The third-order valence-corrected chi connectivity index (χ3v) is 4.14. The van der Waals surface area contributed by atoms with Crippen molar-refractivity contribution in [2.45, 2.75) is 84.1 Å². The minimum absolute atomic E-state index is 0. The van der Waals surface area contributed by atoms with Gasteiger partial charge in [0.25, 0.3) is 0 Å². The third-order valence-electron chi connectivity index (χ3n) is 4.14. The third kappa shape index (κ3) is 9.92. The molecule has 0 saturated heterocycles. The van der Waals surface area contributed by atoms with Gasteiger partial charge in [0.2, 0.25) is 0 Å². The first-order chi connectivity index (χ1) is 9.88. The van der Waals surface area contributed by atoms with Gasteiger partial charge in [-0.1, -0.05) is 89.0 Å². The summed E-state index contributed by atoms with van der Waals surface area (Å²) < 4.78 is 0. The fraction of sp³-hybridized carbons (Fsp3) is 0.684. The van der Waals surface area contributed by atoms with E-state index in [2.05, 4.69) is 31.2 Å². The number of hydrogen-bond donors (Lipinski definition) is 1. The molecule has 0 aliphatic heterocycles. The van der Waals surface area contributed by atoms with Gasteiger partial charge in [0.15, 0.2) is 0 Å². The van der Waals surface area contributed by atoms with Crippen LogP contribution in [0.2, 0.25) is 0 Å². The smallest absolute Gasteiger partial charge is 0.0180 e. The number of benzene rings is 1. The van der Waals surface area contributed by atoms with Gasteiger partial charge in [0.05, 0.1) is 0 Å². The zero-order valence-electron chi connectivity index (χ0n) is 13.8. The SMILES string of the molecule is CCCCCCCCCCCCc1ccccc1CN.Cl. The zero-order chi connectivity index (χ0) is 14.5. The standard InChI is InChI=1S/C19H33N.ClH/c1-2-3-4-5-6-7-8-9-10-11-14-18-15-12-13-16-19(18)17-20;/h12-13,15-16H,2-11,14,17,20H2,1H3;1H. The first-order valence-electron chi connectivity index (χ1n) is 8.65. The number of rotatable bonds is 12. The Balaban J connectivity index is 0.00000400. The van der Waals surface area contributed by atoms with E-state index in [0.29, 0.717) is 6.54 Å². The van der Waals surface area contributed by atoms with Crippen LogP contribution in [0.25, 0.3) is 0 Å². The summed E-state index contributed by atoms with van der Waals surface area (Å²) in [5.74, 6) is 0. The van der Waals surface area contributed by atoms with Gasteiger partial charge < -0.3 is 5.73 Å². The van der Waals surface area contributed by atoms with Crippen molar-refractivity contribution in [3.63, 3.8) is 0 Å². The van der Waals surface area contributed by atoms with Crippen molar-refractivity contribution in [2.24, 2.45) is 5.73 Å². The lowest BCUT2D eigenvalue weighted by Crippen LogP contribution is -2.01. The van der Waals surface area contributed by atoms with Crippen molar-refractivity contribution < 1.29 is 0 Å². The molecular formula is C19H34ClN. The second-order valence-corrected chi connectivity index (χ2v) is 5.90. The van der Waals surface area contributed by atoms with Crippen LogP contribution in [0.3, 0.4) is 0 Å². The molecule has 0 heterocycles. The van der Waals surface area contributed by atoms with Crippen LogP contribution in [0, 0.1) is 0 Å². The number of halogens is 1. The lowest BCUT2D eigenvalue weighted by atomic mass is 10.00. The van der Waals surface area contributed by atoms with Gasteiger partial charge in [-0.3, -0.25) is 0 Å². The molecule has 1 aromatic rings. The van der Waals surface area contributed by atoms with Crippen molar-refractivity contribution in [2.75, 3.05) is 0 Å². The summed E-state index contributed by atoms with van der Waals surface area (Å²) in [4.78, 5) is 0. The van der Waals surface area contributed by atoms with Gasteiger partial charge in [0.1, 0.15) is 0 Å². The van der Waals surface area contributed by atoms with Crippen LogP contribution in [-0.4, -0.2) is 0 Å².